The molecule has 0 aromatic heterocycles. The first-order valence-corrected chi connectivity index (χ1v) is 6.46. The normalized spacial score (nSPS) is 22.1. The molecule has 0 unspecified atom stereocenters. The Bertz CT molecular complexity index is 424. The Kier molecular flexibility index (Phi) is 2.51. The van der Waals surface area contributed by atoms with Crippen molar-refractivity contribution in [1.29, 1.82) is 0 Å². The predicted molar refractivity (Wildman–Crippen MR) is 69.5 cm³/mol. The van der Waals surface area contributed by atoms with Crippen molar-refractivity contribution in [3.63, 3.8) is 0 Å². The van der Waals surface area contributed by atoms with Gasteiger partial charge in [-0.05, 0) is 30.5 Å². The molecule has 3 nitrogen and oxygen atoms in total. The minimum absolute atomic E-state index is 0.104. The van der Waals surface area contributed by atoms with Crippen LogP contribution in [0.3, 0.4) is 0 Å². The quantitative estimate of drug-likeness (QED) is 0.807. The maximum absolute atomic E-state index is 6.50. The number of anilines is 1. The van der Waals surface area contributed by atoms with E-state index in [9.17, 15) is 0 Å². The molecular formula is C14H20N2O. The number of hydrogen-bond acceptors (Lipinski definition) is 3. The third-order valence-electron chi connectivity index (χ3n) is 4.13. The number of nitrogens with zero attached hydrogens (tertiary/aromatic N) is 1. The maximum atomic E-state index is 6.50. The number of rotatable bonds is 1. The van der Waals surface area contributed by atoms with Gasteiger partial charge < -0.3 is 15.4 Å². The zero-order valence-corrected chi connectivity index (χ0v) is 10.4. The Hall–Kier alpha value is -1.22. The Morgan fingerprint density at radius 2 is 2.06 bits per heavy atom. The van der Waals surface area contributed by atoms with Gasteiger partial charge in [-0.3, -0.25) is 0 Å². The van der Waals surface area contributed by atoms with E-state index in [2.05, 4.69) is 30.1 Å². The predicted octanol–water partition coefficient (Wildman–Crippen LogP) is 2.24. The molecule has 0 radical (unpaired) electrons. The fourth-order valence-corrected chi connectivity index (χ4v) is 2.95. The average molecular weight is 232 g/mol. The second-order valence-corrected chi connectivity index (χ2v) is 5.32. The molecule has 1 fully saturated rings. The fraction of sp³-hybridized carbons (Fsp3) is 0.571. The summed E-state index contributed by atoms with van der Waals surface area (Å²) < 4.78 is 5.66. The lowest BCUT2D eigenvalue weighted by atomic mass is 9.89. The number of fused-ring (bicyclic) bond motifs is 1. The fourth-order valence-electron chi connectivity index (χ4n) is 2.95. The molecule has 0 spiro atoms. The standard InChI is InChI=1S/C14H20N2O/c1-16-8-9-17-13-5-4-11(10-12(13)16)14(15)6-2-3-7-14/h4-5,10H,2-3,6-9,15H2,1H3. The van der Waals surface area contributed by atoms with Crippen molar-refractivity contribution in [3.8, 4) is 5.75 Å². The van der Waals surface area contributed by atoms with Gasteiger partial charge in [-0.25, -0.2) is 0 Å². The molecule has 2 aliphatic rings. The van der Waals surface area contributed by atoms with Gasteiger partial charge in [0.2, 0.25) is 0 Å². The minimum Gasteiger partial charge on any atom is -0.490 e. The van der Waals surface area contributed by atoms with Gasteiger partial charge in [-0.2, -0.15) is 0 Å². The van der Waals surface area contributed by atoms with E-state index in [0.717, 1.165) is 31.7 Å². The van der Waals surface area contributed by atoms with Crippen LogP contribution in [0.1, 0.15) is 31.2 Å². The van der Waals surface area contributed by atoms with Gasteiger partial charge in [0.25, 0.3) is 0 Å². The Morgan fingerprint density at radius 3 is 2.82 bits per heavy atom. The molecule has 1 heterocycles. The zero-order chi connectivity index (χ0) is 11.9. The van der Waals surface area contributed by atoms with Crippen molar-refractivity contribution in [2.45, 2.75) is 31.2 Å². The number of ether oxygens (including phenoxy) is 1. The molecule has 1 aromatic carbocycles. The molecule has 1 aliphatic carbocycles. The van der Waals surface area contributed by atoms with E-state index in [1.54, 1.807) is 0 Å². The summed E-state index contributed by atoms with van der Waals surface area (Å²) in [6, 6.07) is 6.44. The van der Waals surface area contributed by atoms with Crippen LogP contribution in [0.2, 0.25) is 0 Å². The topological polar surface area (TPSA) is 38.5 Å². The highest BCUT2D eigenvalue weighted by Crippen LogP contribution is 2.40. The molecule has 1 aliphatic heterocycles. The zero-order valence-electron chi connectivity index (χ0n) is 10.4. The summed E-state index contributed by atoms with van der Waals surface area (Å²) in [5.74, 6) is 0.990. The van der Waals surface area contributed by atoms with Crippen LogP contribution in [0.4, 0.5) is 5.69 Å². The van der Waals surface area contributed by atoms with Gasteiger partial charge in [0.1, 0.15) is 12.4 Å². The highest BCUT2D eigenvalue weighted by Gasteiger charge is 2.32. The smallest absolute Gasteiger partial charge is 0.142 e. The van der Waals surface area contributed by atoms with E-state index in [4.69, 9.17) is 10.5 Å². The van der Waals surface area contributed by atoms with E-state index in [0.29, 0.717) is 0 Å². The van der Waals surface area contributed by atoms with Crippen LogP contribution < -0.4 is 15.4 Å². The van der Waals surface area contributed by atoms with E-state index in [1.165, 1.54) is 24.1 Å². The van der Waals surface area contributed by atoms with Crippen molar-refractivity contribution >= 4 is 5.69 Å². The number of benzene rings is 1. The van der Waals surface area contributed by atoms with Gasteiger partial charge in [0.15, 0.2) is 0 Å². The Balaban J connectivity index is 1.99. The molecule has 0 amide bonds. The first kappa shape index (κ1) is 10.9. The molecule has 0 atom stereocenters. The molecule has 1 aromatic rings. The second-order valence-electron chi connectivity index (χ2n) is 5.32. The highest BCUT2D eigenvalue weighted by molar-refractivity contribution is 5.61. The van der Waals surface area contributed by atoms with Crippen LogP contribution >= 0.6 is 0 Å². The van der Waals surface area contributed by atoms with Crippen LogP contribution in [-0.4, -0.2) is 20.2 Å². The minimum atomic E-state index is -0.104. The number of likely N-dealkylation sites (N-methyl/N-ethyl adjacent to an activating group) is 1. The molecule has 17 heavy (non-hydrogen) atoms. The lowest BCUT2D eigenvalue weighted by molar-refractivity contribution is 0.310. The van der Waals surface area contributed by atoms with Crippen LogP contribution in [0.15, 0.2) is 18.2 Å². The summed E-state index contributed by atoms with van der Waals surface area (Å²) >= 11 is 0. The van der Waals surface area contributed by atoms with E-state index >= 15 is 0 Å². The summed E-state index contributed by atoms with van der Waals surface area (Å²) in [6.45, 7) is 1.73. The molecule has 1 saturated carbocycles. The summed E-state index contributed by atoms with van der Waals surface area (Å²) in [7, 11) is 2.11. The summed E-state index contributed by atoms with van der Waals surface area (Å²) in [5, 5.41) is 0. The van der Waals surface area contributed by atoms with Crippen LogP contribution in [0, 0.1) is 0 Å². The van der Waals surface area contributed by atoms with Gasteiger partial charge in [-0.15, -0.1) is 0 Å². The molecule has 0 bridgehead atoms. The largest absolute Gasteiger partial charge is 0.490 e. The number of nitrogens with two attached hydrogens (primary N) is 1. The molecular weight excluding hydrogens is 212 g/mol. The summed E-state index contributed by atoms with van der Waals surface area (Å²) in [6.07, 6.45) is 4.71. The lowest BCUT2D eigenvalue weighted by Crippen LogP contribution is -2.34. The molecule has 2 N–H and O–H groups in total. The summed E-state index contributed by atoms with van der Waals surface area (Å²) in [5.41, 5.74) is 8.85. The van der Waals surface area contributed by atoms with Crippen LogP contribution in [0.5, 0.6) is 5.75 Å². The summed E-state index contributed by atoms with van der Waals surface area (Å²) in [4.78, 5) is 2.25. The van der Waals surface area contributed by atoms with Crippen molar-refractivity contribution in [2.24, 2.45) is 5.73 Å². The average Bonchev–Trinajstić information content (AvgIpc) is 2.78. The molecule has 3 heteroatoms. The Morgan fingerprint density at radius 1 is 1.29 bits per heavy atom. The van der Waals surface area contributed by atoms with E-state index in [-0.39, 0.29) is 5.54 Å². The maximum Gasteiger partial charge on any atom is 0.142 e. The van der Waals surface area contributed by atoms with Crippen molar-refractivity contribution < 1.29 is 4.74 Å². The van der Waals surface area contributed by atoms with Crippen molar-refractivity contribution in [1.82, 2.24) is 0 Å². The van der Waals surface area contributed by atoms with Crippen molar-refractivity contribution in [3.05, 3.63) is 23.8 Å². The first-order chi connectivity index (χ1) is 8.19. The van der Waals surface area contributed by atoms with Crippen molar-refractivity contribution in [2.75, 3.05) is 25.1 Å². The number of hydrogen-bond donors (Lipinski definition) is 1. The van der Waals surface area contributed by atoms with E-state index < -0.39 is 0 Å². The van der Waals surface area contributed by atoms with Gasteiger partial charge in [0, 0.05) is 12.6 Å². The van der Waals surface area contributed by atoms with E-state index in [1.807, 2.05) is 0 Å². The third-order valence-corrected chi connectivity index (χ3v) is 4.13. The SMILES string of the molecule is CN1CCOc2ccc(C3(N)CCCC3)cc21. The highest BCUT2D eigenvalue weighted by atomic mass is 16.5. The monoisotopic (exact) mass is 232 g/mol. The Labute approximate surface area is 103 Å². The van der Waals surface area contributed by atoms with Gasteiger partial charge in [0.05, 0.1) is 12.2 Å². The van der Waals surface area contributed by atoms with Crippen LogP contribution in [-0.2, 0) is 5.54 Å². The molecule has 3 rings (SSSR count). The molecule has 0 saturated heterocycles. The third kappa shape index (κ3) is 1.78. The first-order valence-electron chi connectivity index (χ1n) is 6.46. The van der Waals surface area contributed by atoms with Crippen LogP contribution in [0.25, 0.3) is 0 Å². The molecule has 92 valence electrons. The van der Waals surface area contributed by atoms with Gasteiger partial charge in [-0.1, -0.05) is 18.9 Å². The lowest BCUT2D eigenvalue weighted by Gasteiger charge is -2.31. The van der Waals surface area contributed by atoms with Gasteiger partial charge >= 0.3 is 0 Å². The second kappa shape index (κ2) is 3.91.